The van der Waals surface area contributed by atoms with Crippen molar-refractivity contribution in [2.24, 2.45) is 5.73 Å². The molecular weight excluding hydrogens is 234 g/mol. The fraction of sp³-hybridized carbons (Fsp3) is 0.294. The normalized spacial score (nSPS) is 17.5. The molecule has 0 aromatic rings. The molecule has 0 bridgehead atoms. The first-order valence-electron chi connectivity index (χ1n) is 6.25. The van der Waals surface area contributed by atoms with Gasteiger partial charge in [0, 0.05) is 0 Å². The molecule has 0 aliphatic carbocycles. The number of allylic oxidation sites excluding steroid dienone is 8. The standard InChI is InChI=1S/C17H25NO/c1-7-9-10-13(3)11-14(4)15(5)12-16(8-2)17(6,18)19/h7-12,19H,1,4,18H2,2-3,5-6H3/b10-9-,13-11-,15-12+,16-8+. The summed E-state index contributed by atoms with van der Waals surface area (Å²) in [4.78, 5) is 0. The van der Waals surface area contributed by atoms with Gasteiger partial charge in [-0.25, -0.2) is 0 Å². The summed E-state index contributed by atoms with van der Waals surface area (Å²) in [5.41, 5.74) is 7.94. The van der Waals surface area contributed by atoms with Crippen LogP contribution >= 0.6 is 0 Å². The molecule has 0 aromatic carbocycles. The maximum Gasteiger partial charge on any atom is 0.136 e. The van der Waals surface area contributed by atoms with E-state index in [0.717, 1.165) is 16.7 Å². The Bertz CT molecular complexity index is 454. The topological polar surface area (TPSA) is 46.2 Å². The maximum absolute atomic E-state index is 9.80. The Morgan fingerprint density at radius 3 is 2.26 bits per heavy atom. The third kappa shape index (κ3) is 6.75. The van der Waals surface area contributed by atoms with Gasteiger partial charge in [0.25, 0.3) is 0 Å². The van der Waals surface area contributed by atoms with Gasteiger partial charge in [-0.05, 0) is 44.4 Å². The molecule has 0 amide bonds. The highest BCUT2D eigenvalue weighted by molar-refractivity contribution is 5.44. The van der Waals surface area contributed by atoms with Gasteiger partial charge in [-0.2, -0.15) is 0 Å². The molecule has 3 N–H and O–H groups in total. The molecule has 0 fully saturated rings. The molecule has 0 spiro atoms. The van der Waals surface area contributed by atoms with Crippen molar-refractivity contribution in [1.29, 1.82) is 0 Å². The number of rotatable bonds is 6. The molecule has 2 nitrogen and oxygen atoms in total. The third-order valence-electron chi connectivity index (χ3n) is 2.67. The summed E-state index contributed by atoms with van der Waals surface area (Å²) >= 11 is 0. The Morgan fingerprint density at radius 2 is 1.84 bits per heavy atom. The Morgan fingerprint density at radius 1 is 1.26 bits per heavy atom. The average Bonchev–Trinajstić information content (AvgIpc) is 2.31. The van der Waals surface area contributed by atoms with E-state index in [2.05, 4.69) is 13.2 Å². The van der Waals surface area contributed by atoms with Crippen molar-refractivity contribution in [2.75, 3.05) is 0 Å². The maximum atomic E-state index is 9.80. The fourth-order valence-electron chi connectivity index (χ4n) is 1.50. The van der Waals surface area contributed by atoms with E-state index in [-0.39, 0.29) is 0 Å². The van der Waals surface area contributed by atoms with E-state index in [0.29, 0.717) is 5.57 Å². The SMILES string of the molecule is C=C/C=C\C(C)=C/C(=C)/C(C)=C/C(=C\C)C(C)(N)O. The van der Waals surface area contributed by atoms with Crippen LogP contribution in [0.25, 0.3) is 0 Å². The Labute approximate surface area is 117 Å². The highest BCUT2D eigenvalue weighted by atomic mass is 16.3. The molecular formula is C17H25NO. The first kappa shape index (κ1) is 17.4. The van der Waals surface area contributed by atoms with Crippen LogP contribution in [-0.4, -0.2) is 10.8 Å². The number of nitrogens with two attached hydrogens (primary N) is 1. The monoisotopic (exact) mass is 259 g/mol. The summed E-state index contributed by atoms with van der Waals surface area (Å²) in [7, 11) is 0. The summed E-state index contributed by atoms with van der Waals surface area (Å²) in [5.74, 6) is 0. The molecule has 1 unspecified atom stereocenters. The van der Waals surface area contributed by atoms with Crippen LogP contribution in [0, 0.1) is 0 Å². The molecule has 1 atom stereocenters. The lowest BCUT2D eigenvalue weighted by Crippen LogP contribution is -2.37. The minimum absolute atomic E-state index is 0.666. The fourth-order valence-corrected chi connectivity index (χ4v) is 1.50. The van der Waals surface area contributed by atoms with E-state index in [1.807, 2.05) is 45.1 Å². The second-order valence-electron chi connectivity index (χ2n) is 4.73. The van der Waals surface area contributed by atoms with E-state index in [1.165, 1.54) is 0 Å². The molecule has 0 aliphatic rings. The first-order valence-corrected chi connectivity index (χ1v) is 6.25. The van der Waals surface area contributed by atoms with Crippen LogP contribution in [-0.2, 0) is 0 Å². The lowest BCUT2D eigenvalue weighted by molar-refractivity contribution is 0.110. The molecule has 0 radical (unpaired) electrons. The zero-order chi connectivity index (χ0) is 15.1. The number of hydrogen-bond acceptors (Lipinski definition) is 2. The van der Waals surface area contributed by atoms with Crippen molar-refractivity contribution in [1.82, 2.24) is 0 Å². The number of aliphatic hydroxyl groups is 1. The summed E-state index contributed by atoms with van der Waals surface area (Å²) < 4.78 is 0. The first-order chi connectivity index (χ1) is 8.72. The molecule has 2 heteroatoms. The lowest BCUT2D eigenvalue weighted by atomic mass is 9.99. The zero-order valence-electron chi connectivity index (χ0n) is 12.4. The second kappa shape index (κ2) is 7.72. The van der Waals surface area contributed by atoms with Crippen LogP contribution in [0.4, 0.5) is 0 Å². The van der Waals surface area contributed by atoms with Crippen molar-refractivity contribution in [2.45, 2.75) is 33.4 Å². The Hall–Kier alpha value is -1.64. The lowest BCUT2D eigenvalue weighted by Gasteiger charge is -2.19. The van der Waals surface area contributed by atoms with Crippen molar-refractivity contribution in [3.05, 3.63) is 71.9 Å². The predicted octanol–water partition coefficient (Wildman–Crippen LogP) is 3.79. The van der Waals surface area contributed by atoms with Crippen LogP contribution in [0.2, 0.25) is 0 Å². The summed E-state index contributed by atoms with van der Waals surface area (Å²) in [6.07, 6.45) is 11.2. The van der Waals surface area contributed by atoms with Crippen LogP contribution in [0.5, 0.6) is 0 Å². The molecule has 0 aromatic heterocycles. The van der Waals surface area contributed by atoms with Gasteiger partial charge in [0.05, 0.1) is 0 Å². The molecule has 0 saturated heterocycles. The van der Waals surface area contributed by atoms with E-state index < -0.39 is 5.72 Å². The van der Waals surface area contributed by atoms with Crippen molar-refractivity contribution < 1.29 is 5.11 Å². The zero-order valence-corrected chi connectivity index (χ0v) is 12.4. The van der Waals surface area contributed by atoms with E-state index >= 15 is 0 Å². The molecule has 104 valence electrons. The summed E-state index contributed by atoms with van der Waals surface area (Å²) in [6.45, 7) is 15.0. The van der Waals surface area contributed by atoms with Gasteiger partial charge in [-0.1, -0.05) is 55.2 Å². The smallest absolute Gasteiger partial charge is 0.136 e. The quantitative estimate of drug-likeness (QED) is 0.563. The van der Waals surface area contributed by atoms with Crippen LogP contribution in [0.3, 0.4) is 0 Å². The van der Waals surface area contributed by atoms with Crippen molar-refractivity contribution in [3.63, 3.8) is 0 Å². The van der Waals surface area contributed by atoms with Gasteiger partial charge in [0.2, 0.25) is 0 Å². The van der Waals surface area contributed by atoms with Crippen molar-refractivity contribution >= 4 is 0 Å². The summed E-state index contributed by atoms with van der Waals surface area (Å²) in [6, 6.07) is 0. The van der Waals surface area contributed by atoms with Gasteiger partial charge in [-0.15, -0.1) is 0 Å². The Balaban J connectivity index is 5.12. The minimum Gasteiger partial charge on any atom is -0.372 e. The highest BCUT2D eigenvalue weighted by Gasteiger charge is 2.17. The average molecular weight is 259 g/mol. The summed E-state index contributed by atoms with van der Waals surface area (Å²) in [5, 5.41) is 9.80. The predicted molar refractivity (Wildman–Crippen MR) is 84.6 cm³/mol. The van der Waals surface area contributed by atoms with Crippen LogP contribution in [0.1, 0.15) is 27.7 Å². The van der Waals surface area contributed by atoms with Gasteiger partial charge < -0.3 is 10.8 Å². The largest absolute Gasteiger partial charge is 0.372 e. The van der Waals surface area contributed by atoms with Gasteiger partial charge in [-0.3, -0.25) is 0 Å². The van der Waals surface area contributed by atoms with E-state index in [9.17, 15) is 5.11 Å². The highest BCUT2D eigenvalue weighted by Crippen LogP contribution is 2.18. The second-order valence-corrected chi connectivity index (χ2v) is 4.73. The van der Waals surface area contributed by atoms with Gasteiger partial charge in [0.1, 0.15) is 5.72 Å². The van der Waals surface area contributed by atoms with Crippen LogP contribution < -0.4 is 5.73 Å². The van der Waals surface area contributed by atoms with E-state index in [4.69, 9.17) is 5.73 Å². The van der Waals surface area contributed by atoms with Gasteiger partial charge >= 0.3 is 0 Å². The van der Waals surface area contributed by atoms with Gasteiger partial charge in [0.15, 0.2) is 0 Å². The van der Waals surface area contributed by atoms with Crippen LogP contribution in [0.15, 0.2) is 71.9 Å². The molecule has 19 heavy (non-hydrogen) atoms. The molecule has 0 saturated carbocycles. The molecule has 0 aliphatic heterocycles. The number of hydrogen-bond donors (Lipinski definition) is 2. The Kier molecular flexibility index (Phi) is 7.05. The van der Waals surface area contributed by atoms with Crippen molar-refractivity contribution in [3.8, 4) is 0 Å². The minimum atomic E-state index is -1.34. The molecule has 0 heterocycles. The molecule has 0 rings (SSSR count). The third-order valence-corrected chi connectivity index (χ3v) is 2.67. The van der Waals surface area contributed by atoms with E-state index in [1.54, 1.807) is 19.1 Å².